The number of aliphatic hydroxyl groups is 1. The van der Waals surface area contributed by atoms with Gasteiger partial charge in [-0.2, -0.15) is 0 Å². The molecule has 2 aromatic heterocycles. The molecule has 1 amide bonds. The standard InChI is InChI=1S/C28H27N5O2/c1-18(17-34)11-23-12-19(4-6-26(23)30-2)14-24-15-22(8-9-31-24)28(35)33-16-20-3-5-25-21(13-20)7-10-32-27(25)29/h3-13,15,34H,2,14,16-17H2,1H3,(H2,29,32)(H,33,35)/b18-11+. The van der Waals surface area contributed by atoms with Crippen molar-refractivity contribution in [2.24, 2.45) is 4.99 Å². The van der Waals surface area contributed by atoms with Crippen LogP contribution < -0.4 is 11.1 Å². The van der Waals surface area contributed by atoms with Crippen LogP contribution in [-0.4, -0.2) is 34.3 Å². The van der Waals surface area contributed by atoms with E-state index in [1.54, 1.807) is 24.5 Å². The summed E-state index contributed by atoms with van der Waals surface area (Å²) in [6.07, 6.45) is 5.76. The first-order chi connectivity index (χ1) is 17.0. The number of hydrogen-bond donors (Lipinski definition) is 3. The number of nitrogen functional groups attached to an aromatic ring is 1. The lowest BCUT2D eigenvalue weighted by atomic mass is 10.0. The summed E-state index contributed by atoms with van der Waals surface area (Å²) >= 11 is 0. The van der Waals surface area contributed by atoms with Gasteiger partial charge in [0.2, 0.25) is 0 Å². The third-order valence-electron chi connectivity index (χ3n) is 5.69. The summed E-state index contributed by atoms with van der Waals surface area (Å²) in [5, 5.41) is 14.2. The quantitative estimate of drug-likeness (QED) is 0.333. The maximum absolute atomic E-state index is 12.8. The summed E-state index contributed by atoms with van der Waals surface area (Å²) in [7, 11) is 0. The molecule has 0 spiro atoms. The van der Waals surface area contributed by atoms with Gasteiger partial charge in [-0.1, -0.05) is 24.3 Å². The Morgan fingerprint density at radius 1 is 1.09 bits per heavy atom. The zero-order valence-corrected chi connectivity index (χ0v) is 19.5. The average Bonchev–Trinajstić information content (AvgIpc) is 2.87. The number of nitrogens with two attached hydrogens (primary N) is 1. The molecule has 7 heteroatoms. The van der Waals surface area contributed by atoms with Crippen LogP contribution in [0.25, 0.3) is 16.8 Å². The number of aromatic nitrogens is 2. The van der Waals surface area contributed by atoms with Crippen molar-refractivity contribution >= 4 is 41.0 Å². The van der Waals surface area contributed by atoms with Gasteiger partial charge in [-0.15, -0.1) is 0 Å². The van der Waals surface area contributed by atoms with E-state index >= 15 is 0 Å². The van der Waals surface area contributed by atoms with Crippen LogP contribution in [0.4, 0.5) is 11.5 Å². The monoisotopic (exact) mass is 465 g/mol. The topological polar surface area (TPSA) is 113 Å². The molecule has 0 saturated heterocycles. The normalized spacial score (nSPS) is 11.4. The number of anilines is 1. The number of pyridine rings is 2. The number of benzene rings is 2. The van der Waals surface area contributed by atoms with Gasteiger partial charge < -0.3 is 16.2 Å². The molecule has 0 aliphatic heterocycles. The van der Waals surface area contributed by atoms with Gasteiger partial charge >= 0.3 is 0 Å². The molecule has 0 aliphatic rings. The lowest BCUT2D eigenvalue weighted by Gasteiger charge is -2.09. The maximum Gasteiger partial charge on any atom is 0.251 e. The molecule has 0 fully saturated rings. The highest BCUT2D eigenvalue weighted by Crippen LogP contribution is 2.24. The van der Waals surface area contributed by atoms with Crippen molar-refractivity contribution in [1.82, 2.24) is 15.3 Å². The molecule has 7 nitrogen and oxygen atoms in total. The smallest absolute Gasteiger partial charge is 0.251 e. The molecule has 35 heavy (non-hydrogen) atoms. The van der Waals surface area contributed by atoms with Crippen molar-refractivity contribution in [3.05, 3.63) is 101 Å². The van der Waals surface area contributed by atoms with Gasteiger partial charge in [-0.25, -0.2) is 4.98 Å². The van der Waals surface area contributed by atoms with Gasteiger partial charge in [0.25, 0.3) is 5.91 Å². The molecule has 4 N–H and O–H groups in total. The van der Waals surface area contributed by atoms with Crippen LogP contribution in [0.1, 0.15) is 39.7 Å². The number of rotatable bonds is 8. The summed E-state index contributed by atoms with van der Waals surface area (Å²) in [6, 6.07) is 17.1. The predicted molar refractivity (Wildman–Crippen MR) is 141 cm³/mol. The average molecular weight is 466 g/mol. The van der Waals surface area contributed by atoms with E-state index in [9.17, 15) is 9.90 Å². The molecule has 176 valence electrons. The minimum atomic E-state index is -0.170. The largest absolute Gasteiger partial charge is 0.392 e. The van der Waals surface area contributed by atoms with Crippen molar-refractivity contribution in [3.63, 3.8) is 0 Å². The van der Waals surface area contributed by atoms with Gasteiger partial charge in [0, 0.05) is 47.6 Å². The fourth-order valence-electron chi connectivity index (χ4n) is 3.86. The molecule has 2 heterocycles. The van der Waals surface area contributed by atoms with E-state index < -0.39 is 0 Å². The number of amides is 1. The van der Waals surface area contributed by atoms with E-state index in [0.717, 1.165) is 44.4 Å². The van der Waals surface area contributed by atoms with Gasteiger partial charge in [0.1, 0.15) is 5.82 Å². The molecule has 4 aromatic rings. The Kier molecular flexibility index (Phi) is 7.28. The summed E-state index contributed by atoms with van der Waals surface area (Å²) < 4.78 is 0. The third-order valence-corrected chi connectivity index (χ3v) is 5.69. The Labute approximate surface area is 204 Å². The van der Waals surface area contributed by atoms with Crippen molar-refractivity contribution < 1.29 is 9.90 Å². The van der Waals surface area contributed by atoms with Crippen LogP contribution in [0, 0.1) is 0 Å². The fraction of sp³-hybridized carbons (Fsp3) is 0.143. The van der Waals surface area contributed by atoms with E-state index in [0.29, 0.717) is 24.3 Å². The van der Waals surface area contributed by atoms with Crippen LogP contribution in [0.15, 0.2) is 77.6 Å². The molecule has 0 atom stereocenters. The number of fused-ring (bicyclic) bond motifs is 1. The maximum atomic E-state index is 12.8. The Morgan fingerprint density at radius 3 is 2.69 bits per heavy atom. The number of nitrogens with one attached hydrogen (secondary N) is 1. The van der Waals surface area contributed by atoms with Crippen LogP contribution in [0.3, 0.4) is 0 Å². The zero-order valence-electron chi connectivity index (χ0n) is 19.5. The minimum absolute atomic E-state index is 0.0238. The summed E-state index contributed by atoms with van der Waals surface area (Å²) in [5.74, 6) is 0.320. The Balaban J connectivity index is 1.46. The molecule has 0 aliphatic carbocycles. The summed E-state index contributed by atoms with van der Waals surface area (Å²) in [4.78, 5) is 25.4. The second-order valence-corrected chi connectivity index (χ2v) is 8.35. The van der Waals surface area contributed by atoms with Gasteiger partial charge in [0.15, 0.2) is 0 Å². The lowest BCUT2D eigenvalue weighted by molar-refractivity contribution is 0.0950. The lowest BCUT2D eigenvalue weighted by Crippen LogP contribution is -2.23. The minimum Gasteiger partial charge on any atom is -0.392 e. The second-order valence-electron chi connectivity index (χ2n) is 8.35. The highest BCUT2D eigenvalue weighted by molar-refractivity contribution is 5.94. The summed E-state index contributed by atoms with van der Waals surface area (Å²) in [6.45, 7) is 5.85. The molecular weight excluding hydrogens is 438 g/mol. The fourth-order valence-corrected chi connectivity index (χ4v) is 3.86. The SMILES string of the molecule is C=Nc1ccc(Cc2cc(C(=O)NCc3ccc4c(N)nccc4c3)ccn2)cc1/C=C(\C)CO. The molecule has 0 saturated carbocycles. The first-order valence-electron chi connectivity index (χ1n) is 11.2. The first kappa shape index (κ1) is 23.8. The molecule has 0 bridgehead atoms. The Hall–Kier alpha value is -4.36. The number of carbonyl (C=O) groups excluding carboxylic acids is 1. The van der Waals surface area contributed by atoms with Crippen molar-refractivity contribution in [2.75, 3.05) is 12.3 Å². The third kappa shape index (κ3) is 5.77. The molecule has 0 unspecified atom stereocenters. The Bertz CT molecular complexity index is 1430. The number of aliphatic imine (C=N–C) groups is 1. The molecule has 2 aromatic carbocycles. The first-order valence-corrected chi connectivity index (χ1v) is 11.2. The van der Waals surface area contributed by atoms with Gasteiger partial charge in [-0.05, 0) is 72.1 Å². The Morgan fingerprint density at radius 2 is 1.89 bits per heavy atom. The van der Waals surface area contributed by atoms with E-state index in [2.05, 4.69) is 27.0 Å². The molecular formula is C28H27N5O2. The molecule has 0 radical (unpaired) electrons. The van der Waals surface area contributed by atoms with Crippen LogP contribution >= 0.6 is 0 Å². The number of hydrogen-bond acceptors (Lipinski definition) is 6. The van der Waals surface area contributed by atoms with E-state index in [-0.39, 0.29) is 12.5 Å². The van der Waals surface area contributed by atoms with Crippen molar-refractivity contribution in [3.8, 4) is 0 Å². The second kappa shape index (κ2) is 10.7. The predicted octanol–water partition coefficient (Wildman–Crippen LogP) is 4.46. The summed E-state index contributed by atoms with van der Waals surface area (Å²) in [5.41, 5.74) is 11.7. The van der Waals surface area contributed by atoms with E-state index in [4.69, 9.17) is 5.73 Å². The zero-order chi connectivity index (χ0) is 24.8. The number of aliphatic hydroxyl groups excluding tert-OH is 1. The van der Waals surface area contributed by atoms with E-state index in [1.165, 1.54) is 0 Å². The van der Waals surface area contributed by atoms with Crippen LogP contribution in [-0.2, 0) is 13.0 Å². The van der Waals surface area contributed by atoms with E-state index in [1.807, 2.05) is 55.5 Å². The molecule has 4 rings (SSSR count). The highest BCUT2D eigenvalue weighted by atomic mass is 16.3. The van der Waals surface area contributed by atoms with Crippen LogP contribution in [0.2, 0.25) is 0 Å². The number of nitrogens with zero attached hydrogens (tertiary/aromatic N) is 3. The van der Waals surface area contributed by atoms with Crippen LogP contribution in [0.5, 0.6) is 0 Å². The highest BCUT2D eigenvalue weighted by Gasteiger charge is 2.09. The van der Waals surface area contributed by atoms with Gasteiger partial charge in [-0.3, -0.25) is 14.8 Å². The van der Waals surface area contributed by atoms with Crippen molar-refractivity contribution in [2.45, 2.75) is 19.9 Å². The van der Waals surface area contributed by atoms with Gasteiger partial charge in [0.05, 0.1) is 12.3 Å². The number of carbonyl (C=O) groups is 1. The van der Waals surface area contributed by atoms with Crippen molar-refractivity contribution in [1.29, 1.82) is 0 Å².